The van der Waals surface area contributed by atoms with E-state index in [4.69, 9.17) is 4.98 Å². The van der Waals surface area contributed by atoms with Crippen LogP contribution in [0.25, 0.3) is 0 Å². The van der Waals surface area contributed by atoms with Gasteiger partial charge in [-0.25, -0.2) is 4.98 Å². The average molecular weight is 522 g/mol. The third-order valence-electron chi connectivity index (χ3n) is 7.44. The van der Waals surface area contributed by atoms with Gasteiger partial charge >= 0.3 is 5.97 Å². The second kappa shape index (κ2) is 13.4. The van der Waals surface area contributed by atoms with Gasteiger partial charge in [-0.15, -0.1) is 0 Å². The number of nitrogens with zero attached hydrogens (tertiary/aromatic N) is 2. The minimum atomic E-state index is -0.887. The van der Waals surface area contributed by atoms with Crippen LogP contribution in [0.2, 0.25) is 0 Å². The number of piperidine rings is 1. The van der Waals surface area contributed by atoms with E-state index in [1.807, 2.05) is 17.9 Å². The molecule has 2 aliphatic heterocycles. The molecule has 9 heteroatoms. The minimum Gasteiger partial charge on any atom is -0.480 e. The van der Waals surface area contributed by atoms with Crippen LogP contribution in [0.4, 0.5) is 5.82 Å². The van der Waals surface area contributed by atoms with Crippen molar-refractivity contribution in [2.75, 3.05) is 38.0 Å². The highest BCUT2D eigenvalue weighted by Crippen LogP contribution is 2.22. The first kappa shape index (κ1) is 27.6. The summed E-state index contributed by atoms with van der Waals surface area (Å²) in [5.41, 5.74) is 3.66. The van der Waals surface area contributed by atoms with Crippen LogP contribution in [0, 0.1) is 5.92 Å². The molecule has 1 fully saturated rings. The van der Waals surface area contributed by atoms with Crippen molar-refractivity contribution >= 4 is 23.6 Å². The molecule has 0 saturated carbocycles. The lowest BCUT2D eigenvalue weighted by molar-refractivity contribution is -0.144. The second-order valence-corrected chi connectivity index (χ2v) is 10.2. The summed E-state index contributed by atoms with van der Waals surface area (Å²) in [6.07, 6.45) is 5.43. The molecule has 1 atom stereocenters. The molecule has 0 aliphatic carbocycles. The number of carbonyl (C=O) groups is 3. The number of amides is 2. The van der Waals surface area contributed by atoms with Gasteiger partial charge in [-0.1, -0.05) is 18.2 Å². The molecule has 1 aromatic carbocycles. The van der Waals surface area contributed by atoms with Crippen molar-refractivity contribution in [3.63, 3.8) is 0 Å². The van der Waals surface area contributed by atoms with E-state index >= 15 is 0 Å². The number of aryl methyl sites for hydroxylation is 2. The molecule has 3 heterocycles. The van der Waals surface area contributed by atoms with Gasteiger partial charge in [0, 0.05) is 36.8 Å². The molecule has 2 aromatic rings. The van der Waals surface area contributed by atoms with Gasteiger partial charge in [-0.2, -0.15) is 0 Å². The van der Waals surface area contributed by atoms with E-state index in [-0.39, 0.29) is 17.7 Å². The van der Waals surface area contributed by atoms with Crippen molar-refractivity contribution in [1.82, 2.24) is 20.5 Å². The Morgan fingerprint density at radius 1 is 1.16 bits per heavy atom. The number of rotatable bonds is 11. The summed E-state index contributed by atoms with van der Waals surface area (Å²) in [4.78, 5) is 43.7. The number of carbonyl (C=O) groups excluding carboxylic acids is 2. The van der Waals surface area contributed by atoms with Crippen LogP contribution in [-0.4, -0.2) is 71.5 Å². The van der Waals surface area contributed by atoms with Crippen LogP contribution in [-0.2, 0) is 28.9 Å². The number of benzene rings is 1. The highest BCUT2D eigenvalue weighted by atomic mass is 16.4. The SMILES string of the molecule is CCNC(=O)c1cccc(CC(C(=O)O)N2CCC(C(=O)NCCCc3ccc4c(n3)NCCC4)CC2)c1. The Labute approximate surface area is 224 Å². The molecule has 0 radical (unpaired) electrons. The fourth-order valence-corrected chi connectivity index (χ4v) is 5.30. The maximum atomic E-state index is 12.7. The summed E-state index contributed by atoms with van der Waals surface area (Å²) in [6, 6.07) is 10.7. The molecule has 4 rings (SSSR count). The molecule has 0 bridgehead atoms. The minimum absolute atomic E-state index is 0.0474. The summed E-state index contributed by atoms with van der Waals surface area (Å²) in [5, 5.41) is 19.1. The van der Waals surface area contributed by atoms with Gasteiger partial charge in [0.15, 0.2) is 0 Å². The van der Waals surface area contributed by atoms with Gasteiger partial charge < -0.3 is 21.1 Å². The molecule has 204 valence electrons. The Morgan fingerprint density at radius 2 is 1.97 bits per heavy atom. The molecule has 9 nitrogen and oxygen atoms in total. The summed E-state index contributed by atoms with van der Waals surface area (Å²) < 4.78 is 0. The molecule has 1 saturated heterocycles. The summed E-state index contributed by atoms with van der Waals surface area (Å²) in [7, 11) is 0. The number of fused-ring (bicyclic) bond motifs is 1. The van der Waals surface area contributed by atoms with Gasteiger partial charge in [0.25, 0.3) is 5.91 Å². The van der Waals surface area contributed by atoms with E-state index in [1.54, 1.807) is 18.2 Å². The molecule has 4 N–H and O–H groups in total. The molecular weight excluding hydrogens is 482 g/mol. The predicted molar refractivity (Wildman–Crippen MR) is 146 cm³/mol. The molecule has 38 heavy (non-hydrogen) atoms. The highest BCUT2D eigenvalue weighted by molar-refractivity contribution is 5.94. The van der Waals surface area contributed by atoms with Crippen LogP contribution in [0.3, 0.4) is 0 Å². The lowest BCUT2D eigenvalue weighted by Crippen LogP contribution is -2.48. The van der Waals surface area contributed by atoms with Crippen molar-refractivity contribution < 1.29 is 19.5 Å². The maximum absolute atomic E-state index is 12.7. The number of hydrogen-bond acceptors (Lipinski definition) is 6. The molecule has 0 spiro atoms. The van der Waals surface area contributed by atoms with Crippen molar-refractivity contribution in [3.05, 3.63) is 58.8 Å². The van der Waals surface area contributed by atoms with E-state index in [0.29, 0.717) is 51.0 Å². The van der Waals surface area contributed by atoms with E-state index in [9.17, 15) is 19.5 Å². The van der Waals surface area contributed by atoms with Crippen LogP contribution >= 0.6 is 0 Å². The van der Waals surface area contributed by atoms with Gasteiger partial charge in [0.2, 0.25) is 5.91 Å². The fraction of sp³-hybridized carbons (Fsp3) is 0.517. The number of carboxylic acids is 1. The number of nitrogens with one attached hydrogen (secondary N) is 3. The van der Waals surface area contributed by atoms with Crippen molar-refractivity contribution in [3.8, 4) is 0 Å². The lowest BCUT2D eigenvalue weighted by Gasteiger charge is -2.35. The number of pyridine rings is 1. The Hall–Kier alpha value is -3.46. The summed E-state index contributed by atoms with van der Waals surface area (Å²) in [5.74, 6) is -0.107. The van der Waals surface area contributed by atoms with Gasteiger partial charge in [-0.3, -0.25) is 19.3 Å². The maximum Gasteiger partial charge on any atom is 0.321 e. The normalized spacial score (nSPS) is 16.7. The van der Waals surface area contributed by atoms with Gasteiger partial charge in [0.05, 0.1) is 0 Å². The first-order chi connectivity index (χ1) is 18.4. The van der Waals surface area contributed by atoms with Crippen LogP contribution in [0.15, 0.2) is 36.4 Å². The smallest absolute Gasteiger partial charge is 0.321 e. The summed E-state index contributed by atoms with van der Waals surface area (Å²) >= 11 is 0. The number of anilines is 1. The van der Waals surface area contributed by atoms with Crippen LogP contribution < -0.4 is 16.0 Å². The van der Waals surface area contributed by atoms with Crippen molar-refractivity contribution in [2.45, 2.75) is 57.9 Å². The molecule has 2 amide bonds. The zero-order chi connectivity index (χ0) is 26.9. The van der Waals surface area contributed by atoms with E-state index in [0.717, 1.165) is 49.3 Å². The second-order valence-electron chi connectivity index (χ2n) is 10.2. The third kappa shape index (κ3) is 7.31. The quantitative estimate of drug-likeness (QED) is 0.335. The molecule has 1 unspecified atom stereocenters. The van der Waals surface area contributed by atoms with E-state index < -0.39 is 12.0 Å². The first-order valence-electron chi connectivity index (χ1n) is 13.8. The number of carboxylic acid groups (broad SMARTS) is 1. The topological polar surface area (TPSA) is 124 Å². The molecule has 1 aromatic heterocycles. The standard InChI is InChI=1S/C29H39N5O4/c1-2-30-28(36)23-7-3-6-20(18-23)19-25(29(37)38)34-16-12-22(13-17-34)27(35)32-15-5-9-24-11-10-21-8-4-14-31-26(21)33-24/h3,6-7,10-11,18,22,25H,2,4-5,8-9,12-17,19H2,1H3,(H,30,36)(H,31,33)(H,32,35)(H,37,38). The zero-order valence-corrected chi connectivity index (χ0v) is 22.2. The Kier molecular flexibility index (Phi) is 9.70. The first-order valence-corrected chi connectivity index (χ1v) is 13.8. The Morgan fingerprint density at radius 3 is 2.74 bits per heavy atom. The fourth-order valence-electron chi connectivity index (χ4n) is 5.30. The average Bonchev–Trinajstić information content (AvgIpc) is 2.94. The monoisotopic (exact) mass is 521 g/mol. The van der Waals surface area contributed by atoms with Crippen molar-refractivity contribution in [1.29, 1.82) is 0 Å². The Balaban J connectivity index is 1.22. The van der Waals surface area contributed by atoms with Gasteiger partial charge in [-0.05, 0) is 94.3 Å². The highest BCUT2D eigenvalue weighted by Gasteiger charge is 2.32. The summed E-state index contributed by atoms with van der Waals surface area (Å²) in [6.45, 7) is 5.07. The lowest BCUT2D eigenvalue weighted by atomic mass is 9.93. The van der Waals surface area contributed by atoms with Gasteiger partial charge in [0.1, 0.15) is 11.9 Å². The molecular formula is C29H39N5O4. The van der Waals surface area contributed by atoms with E-state index in [2.05, 4.69) is 28.1 Å². The predicted octanol–water partition coefficient (Wildman–Crippen LogP) is 2.65. The van der Waals surface area contributed by atoms with Crippen LogP contribution in [0.5, 0.6) is 0 Å². The largest absolute Gasteiger partial charge is 0.480 e. The van der Waals surface area contributed by atoms with E-state index in [1.165, 1.54) is 5.56 Å². The number of aromatic nitrogens is 1. The van der Waals surface area contributed by atoms with Crippen LogP contribution in [0.1, 0.15) is 59.8 Å². The molecule has 2 aliphatic rings. The number of aliphatic carboxylic acids is 1. The number of likely N-dealkylation sites (tertiary alicyclic amines) is 1. The van der Waals surface area contributed by atoms with Crippen molar-refractivity contribution in [2.24, 2.45) is 5.92 Å². The zero-order valence-electron chi connectivity index (χ0n) is 22.2. The third-order valence-corrected chi connectivity index (χ3v) is 7.44. The Bertz CT molecular complexity index is 1130. The number of hydrogen-bond donors (Lipinski definition) is 4.